The van der Waals surface area contributed by atoms with E-state index >= 15 is 0 Å². The summed E-state index contributed by atoms with van der Waals surface area (Å²) in [4.78, 5) is 0. The Morgan fingerprint density at radius 2 is 1.48 bits per heavy atom. The van der Waals surface area contributed by atoms with Crippen LogP contribution in [0.4, 0.5) is 5.69 Å². The summed E-state index contributed by atoms with van der Waals surface area (Å²) in [6, 6.07) is 8.56. The van der Waals surface area contributed by atoms with Crippen molar-refractivity contribution < 1.29 is 4.74 Å². The van der Waals surface area contributed by atoms with Crippen molar-refractivity contribution in [3.8, 4) is 5.75 Å². The molecule has 0 aliphatic carbocycles. The van der Waals surface area contributed by atoms with Crippen molar-refractivity contribution in [1.82, 2.24) is 0 Å². The molecule has 2 rings (SSSR count). The molecule has 2 nitrogen and oxygen atoms in total. The van der Waals surface area contributed by atoms with Crippen LogP contribution >= 0.6 is 31.9 Å². The highest BCUT2D eigenvalue weighted by atomic mass is 79.9. The fourth-order valence-electron chi connectivity index (χ4n) is 2.56. The Balaban J connectivity index is 2.21. The fraction of sp³-hybridized carbons (Fsp3) is 0.294. The van der Waals surface area contributed by atoms with E-state index in [9.17, 15) is 0 Å². The molecule has 4 heteroatoms. The van der Waals surface area contributed by atoms with Crippen LogP contribution in [0.15, 0.2) is 33.2 Å². The van der Waals surface area contributed by atoms with Crippen LogP contribution in [0.5, 0.6) is 5.75 Å². The maximum Gasteiger partial charge on any atom is 0.147 e. The molecule has 1 N–H and O–H groups in total. The molecule has 0 fully saturated rings. The molecule has 0 atom stereocenters. The van der Waals surface area contributed by atoms with Crippen LogP contribution in [0, 0.1) is 20.8 Å². The lowest BCUT2D eigenvalue weighted by atomic mass is 10.0. The van der Waals surface area contributed by atoms with Gasteiger partial charge in [-0.15, -0.1) is 0 Å². The molecule has 0 aliphatic heterocycles. The first kappa shape index (κ1) is 16.4. The zero-order valence-electron chi connectivity index (χ0n) is 12.7. The number of hydrogen-bond acceptors (Lipinski definition) is 2. The van der Waals surface area contributed by atoms with Crippen LogP contribution in [-0.4, -0.2) is 7.11 Å². The molecule has 2 aromatic rings. The SMILES string of the molecule is COc1c(Br)cc(CNc2c(C)cc(C)cc2C)cc1Br. The predicted molar refractivity (Wildman–Crippen MR) is 96.4 cm³/mol. The fourth-order valence-corrected chi connectivity index (χ4v) is 4.16. The third-order valence-electron chi connectivity index (χ3n) is 3.41. The molecule has 2 aromatic carbocycles. The number of ether oxygens (including phenoxy) is 1. The van der Waals surface area contributed by atoms with Gasteiger partial charge in [0.1, 0.15) is 5.75 Å². The van der Waals surface area contributed by atoms with E-state index in [1.54, 1.807) is 7.11 Å². The van der Waals surface area contributed by atoms with Crippen molar-refractivity contribution in [2.45, 2.75) is 27.3 Å². The summed E-state index contributed by atoms with van der Waals surface area (Å²) in [5, 5.41) is 3.53. The van der Waals surface area contributed by atoms with Gasteiger partial charge < -0.3 is 10.1 Å². The summed E-state index contributed by atoms with van der Waals surface area (Å²) in [7, 11) is 1.67. The molecule has 0 saturated heterocycles. The summed E-state index contributed by atoms with van der Waals surface area (Å²) in [6.45, 7) is 7.18. The Morgan fingerprint density at radius 3 is 1.95 bits per heavy atom. The second kappa shape index (κ2) is 6.84. The van der Waals surface area contributed by atoms with E-state index in [4.69, 9.17) is 4.74 Å². The predicted octanol–water partition coefficient (Wildman–Crippen LogP) is 5.76. The van der Waals surface area contributed by atoms with Gasteiger partial charge in [0.15, 0.2) is 0 Å². The molecule has 0 unspecified atom stereocenters. The Kier molecular flexibility index (Phi) is 5.33. The van der Waals surface area contributed by atoms with E-state index in [1.807, 2.05) is 0 Å². The highest BCUT2D eigenvalue weighted by molar-refractivity contribution is 9.11. The van der Waals surface area contributed by atoms with E-state index in [0.717, 1.165) is 21.2 Å². The number of halogens is 2. The Hall–Kier alpha value is -1.00. The van der Waals surface area contributed by atoms with Crippen LogP contribution in [0.1, 0.15) is 22.3 Å². The number of methoxy groups -OCH3 is 1. The molecule has 0 radical (unpaired) electrons. The van der Waals surface area contributed by atoms with Crippen LogP contribution in [0.25, 0.3) is 0 Å². The molecule has 0 amide bonds. The van der Waals surface area contributed by atoms with Gasteiger partial charge >= 0.3 is 0 Å². The normalized spacial score (nSPS) is 10.6. The molecule has 0 bridgehead atoms. The van der Waals surface area contributed by atoms with Gasteiger partial charge in [-0.1, -0.05) is 17.7 Å². The maximum atomic E-state index is 5.33. The second-order valence-corrected chi connectivity index (χ2v) is 6.93. The smallest absolute Gasteiger partial charge is 0.147 e. The van der Waals surface area contributed by atoms with Gasteiger partial charge in [0, 0.05) is 12.2 Å². The van der Waals surface area contributed by atoms with Crippen LogP contribution in [-0.2, 0) is 6.54 Å². The number of anilines is 1. The third-order valence-corrected chi connectivity index (χ3v) is 4.59. The average Bonchev–Trinajstić information content (AvgIpc) is 2.37. The first-order chi connectivity index (χ1) is 9.92. The second-order valence-electron chi connectivity index (χ2n) is 5.22. The van der Waals surface area contributed by atoms with Crippen molar-refractivity contribution in [3.05, 3.63) is 55.5 Å². The lowest BCUT2D eigenvalue weighted by Gasteiger charge is -2.15. The minimum absolute atomic E-state index is 0.770. The Labute approximate surface area is 143 Å². The van der Waals surface area contributed by atoms with Crippen molar-refractivity contribution in [3.63, 3.8) is 0 Å². The van der Waals surface area contributed by atoms with Crippen LogP contribution in [0.3, 0.4) is 0 Å². The van der Waals surface area contributed by atoms with Gasteiger partial charge in [-0.2, -0.15) is 0 Å². The molecule has 0 spiro atoms. The molecular weight excluding hydrogens is 394 g/mol. The third kappa shape index (κ3) is 3.80. The van der Waals surface area contributed by atoms with Crippen molar-refractivity contribution in [2.75, 3.05) is 12.4 Å². The Bertz CT molecular complexity index is 622. The molecule has 0 saturated carbocycles. The molecule has 0 heterocycles. The quantitative estimate of drug-likeness (QED) is 0.689. The van der Waals surface area contributed by atoms with Gasteiger partial charge in [0.05, 0.1) is 16.1 Å². The van der Waals surface area contributed by atoms with Crippen molar-refractivity contribution in [2.24, 2.45) is 0 Å². The molecule has 0 aromatic heterocycles. The lowest BCUT2D eigenvalue weighted by molar-refractivity contribution is 0.409. The molecular formula is C17H19Br2NO. The molecule has 0 aliphatic rings. The minimum Gasteiger partial charge on any atom is -0.494 e. The highest BCUT2D eigenvalue weighted by Gasteiger charge is 2.09. The maximum absolute atomic E-state index is 5.33. The number of rotatable bonds is 4. The summed E-state index contributed by atoms with van der Waals surface area (Å²) >= 11 is 7.08. The van der Waals surface area contributed by atoms with Gasteiger partial charge in [-0.25, -0.2) is 0 Å². The first-order valence-electron chi connectivity index (χ1n) is 6.76. The summed E-state index contributed by atoms with van der Waals surface area (Å²) < 4.78 is 7.24. The topological polar surface area (TPSA) is 21.3 Å². The standard InChI is InChI=1S/C17H19Br2NO/c1-10-5-11(2)16(12(3)6-10)20-9-13-7-14(18)17(21-4)15(19)8-13/h5-8,20H,9H2,1-4H3. The monoisotopic (exact) mass is 411 g/mol. The zero-order valence-corrected chi connectivity index (χ0v) is 15.9. The number of nitrogens with one attached hydrogen (secondary N) is 1. The highest BCUT2D eigenvalue weighted by Crippen LogP contribution is 2.34. The van der Waals surface area contributed by atoms with Crippen LogP contribution < -0.4 is 10.1 Å². The molecule has 21 heavy (non-hydrogen) atoms. The minimum atomic E-state index is 0.770. The molecule has 112 valence electrons. The summed E-state index contributed by atoms with van der Waals surface area (Å²) in [6.07, 6.45) is 0. The summed E-state index contributed by atoms with van der Waals surface area (Å²) in [5.74, 6) is 0.821. The van der Waals surface area contributed by atoms with Crippen molar-refractivity contribution >= 4 is 37.5 Å². The lowest BCUT2D eigenvalue weighted by Crippen LogP contribution is -2.04. The summed E-state index contributed by atoms with van der Waals surface area (Å²) in [5.41, 5.74) is 6.25. The number of aryl methyl sites for hydroxylation is 3. The zero-order chi connectivity index (χ0) is 15.6. The largest absolute Gasteiger partial charge is 0.494 e. The van der Waals surface area contributed by atoms with Gasteiger partial charge in [0.2, 0.25) is 0 Å². The Morgan fingerprint density at radius 1 is 0.952 bits per heavy atom. The van der Waals surface area contributed by atoms with Crippen LogP contribution in [0.2, 0.25) is 0 Å². The average molecular weight is 413 g/mol. The van der Waals surface area contributed by atoms with E-state index in [0.29, 0.717) is 0 Å². The van der Waals surface area contributed by atoms with Gasteiger partial charge in [0.25, 0.3) is 0 Å². The van der Waals surface area contributed by atoms with E-state index < -0.39 is 0 Å². The van der Waals surface area contributed by atoms with E-state index in [-0.39, 0.29) is 0 Å². The first-order valence-corrected chi connectivity index (χ1v) is 8.34. The van der Waals surface area contributed by atoms with E-state index in [2.05, 4.69) is 82.2 Å². The number of hydrogen-bond donors (Lipinski definition) is 1. The number of benzene rings is 2. The van der Waals surface area contributed by atoms with Gasteiger partial charge in [-0.3, -0.25) is 0 Å². The van der Waals surface area contributed by atoms with Crippen molar-refractivity contribution in [1.29, 1.82) is 0 Å². The van der Waals surface area contributed by atoms with Gasteiger partial charge in [-0.05, 0) is 81.5 Å². The van der Waals surface area contributed by atoms with E-state index in [1.165, 1.54) is 27.9 Å².